The van der Waals surface area contributed by atoms with Crippen molar-refractivity contribution in [1.29, 1.82) is 0 Å². The highest BCUT2D eigenvalue weighted by Crippen LogP contribution is 2.21. The van der Waals surface area contributed by atoms with Crippen LogP contribution < -0.4 is 5.32 Å². The van der Waals surface area contributed by atoms with E-state index in [2.05, 4.69) is 15.3 Å². The normalized spacial score (nSPS) is 10.5. The minimum Gasteiger partial charge on any atom is -0.396 e. The van der Waals surface area contributed by atoms with Crippen molar-refractivity contribution >= 4 is 17.5 Å². The van der Waals surface area contributed by atoms with Crippen molar-refractivity contribution in [3.63, 3.8) is 0 Å². The van der Waals surface area contributed by atoms with Crippen LogP contribution in [0.1, 0.15) is 19.3 Å². The first-order valence-electron chi connectivity index (χ1n) is 6.74. The molecule has 5 heteroatoms. The molecule has 0 saturated carbocycles. The maximum Gasteiger partial charge on any atom is 0.224 e. The Morgan fingerprint density at radius 1 is 1.05 bits per heavy atom. The predicted molar refractivity (Wildman–Crippen MR) is 81.9 cm³/mol. The fourth-order valence-corrected chi connectivity index (χ4v) is 2.05. The van der Waals surface area contributed by atoms with Gasteiger partial charge in [-0.25, -0.2) is 9.97 Å². The summed E-state index contributed by atoms with van der Waals surface area (Å²) in [5.74, 6) is 0.542. The molecular weight excluding hydrogens is 274 g/mol. The lowest BCUT2D eigenvalue weighted by Crippen LogP contribution is -2.06. The van der Waals surface area contributed by atoms with Crippen LogP contribution in [0.15, 0.2) is 36.4 Å². The number of hydrogen-bond donors (Lipinski definition) is 2. The van der Waals surface area contributed by atoms with Gasteiger partial charge in [-0.3, -0.25) is 0 Å². The summed E-state index contributed by atoms with van der Waals surface area (Å²) in [5.41, 5.74) is 1.82. The Balaban J connectivity index is 2.02. The van der Waals surface area contributed by atoms with Gasteiger partial charge in [-0.2, -0.15) is 0 Å². The zero-order chi connectivity index (χ0) is 14.2. The molecule has 0 aliphatic carbocycles. The Morgan fingerprint density at radius 3 is 2.60 bits per heavy atom. The summed E-state index contributed by atoms with van der Waals surface area (Å²) in [4.78, 5) is 8.64. The van der Waals surface area contributed by atoms with Crippen LogP contribution in [0.2, 0.25) is 5.15 Å². The molecule has 2 rings (SSSR count). The first-order valence-corrected chi connectivity index (χ1v) is 7.12. The van der Waals surface area contributed by atoms with E-state index in [1.807, 2.05) is 30.3 Å². The average molecular weight is 292 g/mol. The molecule has 0 saturated heterocycles. The molecule has 20 heavy (non-hydrogen) atoms. The predicted octanol–water partition coefficient (Wildman–Crippen LogP) is 3.37. The Labute approximate surface area is 123 Å². The van der Waals surface area contributed by atoms with E-state index in [1.54, 1.807) is 6.07 Å². The van der Waals surface area contributed by atoms with Crippen molar-refractivity contribution in [2.75, 3.05) is 18.5 Å². The van der Waals surface area contributed by atoms with Crippen LogP contribution in [0.4, 0.5) is 5.95 Å². The summed E-state index contributed by atoms with van der Waals surface area (Å²) in [5, 5.41) is 12.3. The quantitative estimate of drug-likeness (QED) is 0.606. The van der Waals surface area contributed by atoms with E-state index in [9.17, 15) is 0 Å². The molecule has 0 spiro atoms. The van der Waals surface area contributed by atoms with E-state index in [-0.39, 0.29) is 6.61 Å². The summed E-state index contributed by atoms with van der Waals surface area (Å²) in [6.45, 7) is 1.01. The minimum atomic E-state index is 0.242. The summed E-state index contributed by atoms with van der Waals surface area (Å²) >= 11 is 6.04. The van der Waals surface area contributed by atoms with Crippen molar-refractivity contribution in [3.05, 3.63) is 41.6 Å². The monoisotopic (exact) mass is 291 g/mol. The summed E-state index contributed by atoms with van der Waals surface area (Å²) in [7, 11) is 0. The third-order valence-corrected chi connectivity index (χ3v) is 3.08. The van der Waals surface area contributed by atoms with E-state index in [0.717, 1.165) is 37.1 Å². The fourth-order valence-electron chi connectivity index (χ4n) is 1.87. The van der Waals surface area contributed by atoms with Gasteiger partial charge in [-0.1, -0.05) is 41.9 Å². The van der Waals surface area contributed by atoms with Crippen LogP contribution >= 0.6 is 11.6 Å². The number of nitrogens with zero attached hydrogens (tertiary/aromatic N) is 2. The number of unbranched alkanes of at least 4 members (excludes halogenated alkanes) is 2. The lowest BCUT2D eigenvalue weighted by molar-refractivity contribution is 0.283. The number of aliphatic hydroxyl groups excluding tert-OH is 1. The van der Waals surface area contributed by atoms with Gasteiger partial charge in [0.05, 0.1) is 5.69 Å². The van der Waals surface area contributed by atoms with Crippen molar-refractivity contribution < 1.29 is 5.11 Å². The summed E-state index contributed by atoms with van der Waals surface area (Å²) < 4.78 is 0. The van der Waals surface area contributed by atoms with Gasteiger partial charge in [0.1, 0.15) is 5.15 Å². The number of anilines is 1. The molecule has 1 aromatic heterocycles. The van der Waals surface area contributed by atoms with Crippen molar-refractivity contribution in [2.45, 2.75) is 19.3 Å². The second-order valence-corrected chi connectivity index (χ2v) is 4.86. The van der Waals surface area contributed by atoms with E-state index in [1.165, 1.54) is 0 Å². The van der Waals surface area contributed by atoms with Crippen molar-refractivity contribution in [2.24, 2.45) is 0 Å². The second kappa shape index (κ2) is 7.82. The number of rotatable bonds is 7. The fraction of sp³-hybridized carbons (Fsp3) is 0.333. The van der Waals surface area contributed by atoms with E-state index in [0.29, 0.717) is 11.1 Å². The zero-order valence-corrected chi connectivity index (χ0v) is 12.0. The molecule has 1 heterocycles. The standard InChI is InChI=1S/C15H18ClN3O/c16-14-11-13(12-7-3-1-4-8-12)18-15(19-14)17-9-5-2-6-10-20/h1,3-4,7-8,11,20H,2,5-6,9-10H2,(H,17,18,19). The maximum absolute atomic E-state index is 8.72. The van der Waals surface area contributed by atoms with E-state index in [4.69, 9.17) is 16.7 Å². The molecule has 0 atom stereocenters. The Kier molecular flexibility index (Phi) is 5.77. The third-order valence-electron chi connectivity index (χ3n) is 2.88. The number of aromatic nitrogens is 2. The van der Waals surface area contributed by atoms with Gasteiger partial charge in [-0.05, 0) is 19.3 Å². The van der Waals surface area contributed by atoms with Gasteiger partial charge >= 0.3 is 0 Å². The largest absolute Gasteiger partial charge is 0.396 e. The number of benzene rings is 1. The highest BCUT2D eigenvalue weighted by Gasteiger charge is 2.04. The van der Waals surface area contributed by atoms with Gasteiger partial charge < -0.3 is 10.4 Å². The molecule has 106 valence electrons. The van der Waals surface area contributed by atoms with E-state index >= 15 is 0 Å². The topological polar surface area (TPSA) is 58.0 Å². The molecule has 0 radical (unpaired) electrons. The molecule has 0 fully saturated rings. The number of aliphatic hydroxyl groups is 1. The zero-order valence-electron chi connectivity index (χ0n) is 11.2. The van der Waals surface area contributed by atoms with Crippen LogP contribution in [-0.4, -0.2) is 28.2 Å². The van der Waals surface area contributed by atoms with Crippen LogP contribution in [0.3, 0.4) is 0 Å². The summed E-state index contributed by atoms with van der Waals surface area (Å²) in [6.07, 6.45) is 2.78. The average Bonchev–Trinajstić information content (AvgIpc) is 2.47. The molecule has 2 N–H and O–H groups in total. The van der Waals surface area contributed by atoms with Gasteiger partial charge in [0.2, 0.25) is 5.95 Å². The van der Waals surface area contributed by atoms with E-state index < -0.39 is 0 Å². The first-order chi connectivity index (χ1) is 9.79. The van der Waals surface area contributed by atoms with Crippen LogP contribution in [0.25, 0.3) is 11.3 Å². The SMILES string of the molecule is OCCCCCNc1nc(Cl)cc(-c2ccccc2)n1. The van der Waals surface area contributed by atoms with Gasteiger partial charge in [0.15, 0.2) is 0 Å². The molecule has 2 aromatic rings. The molecule has 0 amide bonds. The smallest absolute Gasteiger partial charge is 0.224 e. The maximum atomic E-state index is 8.72. The molecule has 0 unspecified atom stereocenters. The third kappa shape index (κ3) is 4.47. The number of hydrogen-bond acceptors (Lipinski definition) is 4. The van der Waals surface area contributed by atoms with Gasteiger partial charge in [0, 0.05) is 24.8 Å². The molecule has 0 aliphatic heterocycles. The highest BCUT2D eigenvalue weighted by molar-refractivity contribution is 6.29. The van der Waals surface area contributed by atoms with Crippen LogP contribution in [0, 0.1) is 0 Å². The van der Waals surface area contributed by atoms with Gasteiger partial charge in [-0.15, -0.1) is 0 Å². The van der Waals surface area contributed by atoms with Crippen molar-refractivity contribution in [3.8, 4) is 11.3 Å². The second-order valence-electron chi connectivity index (χ2n) is 4.48. The number of nitrogens with one attached hydrogen (secondary N) is 1. The molecule has 0 aliphatic rings. The molecule has 4 nitrogen and oxygen atoms in total. The molecular formula is C15H18ClN3O. The molecule has 0 bridgehead atoms. The Hall–Kier alpha value is -1.65. The molecule has 1 aromatic carbocycles. The minimum absolute atomic E-state index is 0.242. The van der Waals surface area contributed by atoms with Crippen LogP contribution in [-0.2, 0) is 0 Å². The lowest BCUT2D eigenvalue weighted by atomic mass is 10.1. The lowest BCUT2D eigenvalue weighted by Gasteiger charge is -2.07. The number of halogens is 1. The van der Waals surface area contributed by atoms with Crippen molar-refractivity contribution in [1.82, 2.24) is 9.97 Å². The Bertz CT molecular complexity index is 534. The highest BCUT2D eigenvalue weighted by atomic mass is 35.5. The first kappa shape index (κ1) is 14.8. The summed E-state index contributed by atoms with van der Waals surface area (Å²) in [6, 6.07) is 11.6. The van der Waals surface area contributed by atoms with Gasteiger partial charge in [0.25, 0.3) is 0 Å². The van der Waals surface area contributed by atoms with Crippen LogP contribution in [0.5, 0.6) is 0 Å². The Morgan fingerprint density at radius 2 is 1.85 bits per heavy atom.